The highest BCUT2D eigenvalue weighted by Gasteiger charge is 2.11. The van der Waals surface area contributed by atoms with E-state index in [1.54, 1.807) is 17.4 Å². The lowest BCUT2D eigenvalue weighted by Crippen LogP contribution is -2.32. The fourth-order valence-electron chi connectivity index (χ4n) is 1.43. The average molecular weight is 200 g/mol. The number of hydrogen-bond donors (Lipinski definition) is 0. The second-order valence-corrected chi connectivity index (χ2v) is 3.36. The largest absolute Gasteiger partial charge is 0.299 e. The standard InChI is InChI=1S/C12H12N2O/c15-12(14-8-4-7-13-10-14)9-11-5-2-1-3-6-11/h1-7,10H,8-9H2. The predicted octanol–water partition coefficient (Wildman–Crippen LogP) is 1.61. The zero-order chi connectivity index (χ0) is 10.5. The summed E-state index contributed by atoms with van der Waals surface area (Å²) in [6, 6.07) is 9.72. The van der Waals surface area contributed by atoms with Crippen molar-refractivity contribution >= 4 is 12.2 Å². The van der Waals surface area contributed by atoms with Crippen molar-refractivity contribution in [1.29, 1.82) is 0 Å². The normalized spacial score (nSPS) is 14.3. The van der Waals surface area contributed by atoms with Gasteiger partial charge in [-0.3, -0.25) is 9.69 Å². The van der Waals surface area contributed by atoms with Crippen LogP contribution in [0.3, 0.4) is 0 Å². The minimum absolute atomic E-state index is 0.0781. The van der Waals surface area contributed by atoms with E-state index in [2.05, 4.69) is 4.99 Å². The van der Waals surface area contributed by atoms with Gasteiger partial charge < -0.3 is 0 Å². The Morgan fingerprint density at radius 2 is 2.13 bits per heavy atom. The number of carbonyl (C=O) groups is 1. The summed E-state index contributed by atoms with van der Waals surface area (Å²) in [5, 5.41) is 0. The van der Waals surface area contributed by atoms with Crippen LogP contribution in [0.15, 0.2) is 47.6 Å². The van der Waals surface area contributed by atoms with Gasteiger partial charge in [0.2, 0.25) is 5.91 Å². The number of carbonyl (C=O) groups excluding carboxylic acids is 1. The SMILES string of the molecule is O=C(Cc1ccccc1)N1C=NC=CC1. The molecule has 1 aliphatic heterocycles. The number of benzene rings is 1. The van der Waals surface area contributed by atoms with E-state index < -0.39 is 0 Å². The molecule has 15 heavy (non-hydrogen) atoms. The minimum Gasteiger partial charge on any atom is -0.299 e. The fourth-order valence-corrected chi connectivity index (χ4v) is 1.43. The summed E-state index contributed by atoms with van der Waals surface area (Å²) in [5.41, 5.74) is 1.03. The van der Waals surface area contributed by atoms with Gasteiger partial charge in [0, 0.05) is 12.7 Å². The highest BCUT2D eigenvalue weighted by Crippen LogP contribution is 2.03. The Bertz CT molecular complexity index is 395. The molecule has 1 aromatic rings. The Labute approximate surface area is 88.7 Å². The first-order valence-corrected chi connectivity index (χ1v) is 4.88. The molecule has 1 aliphatic rings. The van der Waals surface area contributed by atoms with Crippen LogP contribution in [0.25, 0.3) is 0 Å². The van der Waals surface area contributed by atoms with Gasteiger partial charge in [0.25, 0.3) is 0 Å². The maximum absolute atomic E-state index is 11.8. The molecule has 3 nitrogen and oxygen atoms in total. The topological polar surface area (TPSA) is 32.7 Å². The molecule has 76 valence electrons. The highest BCUT2D eigenvalue weighted by atomic mass is 16.2. The number of nitrogens with zero attached hydrogens (tertiary/aromatic N) is 2. The van der Waals surface area contributed by atoms with E-state index >= 15 is 0 Å². The van der Waals surface area contributed by atoms with E-state index in [4.69, 9.17) is 0 Å². The molecule has 0 saturated carbocycles. The number of amides is 1. The van der Waals surface area contributed by atoms with E-state index in [0.717, 1.165) is 5.56 Å². The molecule has 2 rings (SSSR count). The number of rotatable bonds is 2. The van der Waals surface area contributed by atoms with E-state index in [-0.39, 0.29) is 5.91 Å². The molecule has 0 unspecified atom stereocenters. The summed E-state index contributed by atoms with van der Waals surface area (Å²) in [6.07, 6.45) is 5.57. The number of hydrogen-bond acceptors (Lipinski definition) is 2. The molecule has 0 bridgehead atoms. The third kappa shape index (κ3) is 2.53. The van der Waals surface area contributed by atoms with E-state index in [0.29, 0.717) is 13.0 Å². The summed E-state index contributed by atoms with van der Waals surface area (Å²) in [5.74, 6) is 0.0781. The summed E-state index contributed by atoms with van der Waals surface area (Å²) in [6.45, 7) is 0.620. The summed E-state index contributed by atoms with van der Waals surface area (Å²) < 4.78 is 0. The first-order chi connectivity index (χ1) is 7.36. The van der Waals surface area contributed by atoms with Crippen molar-refractivity contribution < 1.29 is 4.79 Å². The van der Waals surface area contributed by atoms with Gasteiger partial charge in [-0.2, -0.15) is 0 Å². The Kier molecular flexibility index (Phi) is 2.93. The summed E-state index contributed by atoms with van der Waals surface area (Å²) >= 11 is 0. The van der Waals surface area contributed by atoms with Gasteiger partial charge in [0.1, 0.15) is 0 Å². The van der Waals surface area contributed by atoms with Crippen LogP contribution in [-0.2, 0) is 11.2 Å². The smallest absolute Gasteiger partial charge is 0.232 e. The molecule has 0 spiro atoms. The van der Waals surface area contributed by atoms with Crippen LogP contribution in [0, 0.1) is 0 Å². The van der Waals surface area contributed by atoms with Crippen molar-refractivity contribution in [3.63, 3.8) is 0 Å². The lowest BCUT2D eigenvalue weighted by Gasteiger charge is -2.17. The molecular weight excluding hydrogens is 188 g/mol. The molecule has 0 saturated heterocycles. The molecule has 0 aliphatic carbocycles. The monoisotopic (exact) mass is 200 g/mol. The van der Waals surface area contributed by atoms with Gasteiger partial charge in [-0.05, 0) is 11.6 Å². The maximum atomic E-state index is 11.8. The third-order valence-electron chi connectivity index (χ3n) is 2.22. The molecule has 3 heteroatoms. The average Bonchev–Trinajstić information content (AvgIpc) is 2.31. The van der Waals surface area contributed by atoms with Gasteiger partial charge in [-0.1, -0.05) is 30.3 Å². The van der Waals surface area contributed by atoms with Crippen LogP contribution in [-0.4, -0.2) is 23.7 Å². The van der Waals surface area contributed by atoms with Crippen LogP contribution in [0.5, 0.6) is 0 Å². The Morgan fingerprint density at radius 3 is 2.80 bits per heavy atom. The Balaban J connectivity index is 1.98. The molecule has 1 amide bonds. The van der Waals surface area contributed by atoms with Crippen molar-refractivity contribution in [3.05, 3.63) is 48.2 Å². The molecule has 0 fully saturated rings. The Hall–Kier alpha value is -1.90. The van der Waals surface area contributed by atoms with Crippen molar-refractivity contribution in [2.45, 2.75) is 6.42 Å². The van der Waals surface area contributed by atoms with Crippen molar-refractivity contribution in [2.75, 3.05) is 6.54 Å². The van der Waals surface area contributed by atoms with Crippen LogP contribution in [0.1, 0.15) is 5.56 Å². The second-order valence-electron chi connectivity index (χ2n) is 3.36. The molecular formula is C12H12N2O. The van der Waals surface area contributed by atoms with E-state index in [1.807, 2.05) is 36.4 Å². The van der Waals surface area contributed by atoms with Gasteiger partial charge in [-0.15, -0.1) is 0 Å². The van der Waals surface area contributed by atoms with Gasteiger partial charge >= 0.3 is 0 Å². The lowest BCUT2D eigenvalue weighted by atomic mass is 10.1. The fraction of sp³-hybridized carbons (Fsp3) is 0.167. The molecule has 0 aromatic heterocycles. The third-order valence-corrected chi connectivity index (χ3v) is 2.22. The van der Waals surface area contributed by atoms with Crippen LogP contribution in [0.4, 0.5) is 0 Å². The predicted molar refractivity (Wildman–Crippen MR) is 59.5 cm³/mol. The van der Waals surface area contributed by atoms with Crippen LogP contribution < -0.4 is 0 Å². The molecule has 0 N–H and O–H groups in total. The van der Waals surface area contributed by atoms with Crippen molar-refractivity contribution in [2.24, 2.45) is 4.99 Å². The first-order valence-electron chi connectivity index (χ1n) is 4.88. The van der Waals surface area contributed by atoms with Crippen LogP contribution >= 0.6 is 0 Å². The molecule has 0 radical (unpaired) electrons. The first kappa shape index (κ1) is 9.65. The van der Waals surface area contributed by atoms with Crippen molar-refractivity contribution in [3.8, 4) is 0 Å². The summed E-state index contributed by atoms with van der Waals surface area (Å²) in [7, 11) is 0. The van der Waals surface area contributed by atoms with Gasteiger partial charge in [0.15, 0.2) is 0 Å². The Morgan fingerprint density at radius 1 is 1.33 bits per heavy atom. The van der Waals surface area contributed by atoms with Gasteiger partial charge in [0.05, 0.1) is 12.8 Å². The van der Waals surface area contributed by atoms with Crippen molar-refractivity contribution in [1.82, 2.24) is 4.90 Å². The van der Waals surface area contributed by atoms with Crippen LogP contribution in [0.2, 0.25) is 0 Å². The lowest BCUT2D eigenvalue weighted by molar-refractivity contribution is -0.126. The summed E-state index contributed by atoms with van der Waals surface area (Å²) in [4.78, 5) is 17.3. The van der Waals surface area contributed by atoms with Gasteiger partial charge in [-0.25, -0.2) is 4.99 Å². The maximum Gasteiger partial charge on any atom is 0.232 e. The molecule has 0 atom stereocenters. The minimum atomic E-state index is 0.0781. The zero-order valence-electron chi connectivity index (χ0n) is 8.34. The zero-order valence-corrected chi connectivity index (χ0v) is 8.34. The van der Waals surface area contributed by atoms with E-state index in [9.17, 15) is 4.79 Å². The highest BCUT2D eigenvalue weighted by molar-refractivity contribution is 5.89. The quantitative estimate of drug-likeness (QED) is 0.714. The second kappa shape index (κ2) is 4.55. The van der Waals surface area contributed by atoms with E-state index in [1.165, 1.54) is 0 Å². The molecule has 1 heterocycles. The molecule has 1 aromatic carbocycles. The number of aliphatic imine (C=N–C) groups is 1.